The molecule has 3 aromatic carbocycles. The molecule has 0 unspecified atom stereocenters. The summed E-state index contributed by atoms with van der Waals surface area (Å²) in [5.74, 6) is -0.115. The first kappa shape index (κ1) is 20.6. The Balaban J connectivity index is 1.85. The van der Waals surface area contributed by atoms with Crippen LogP contribution < -0.4 is 10.5 Å². The highest BCUT2D eigenvalue weighted by atomic mass is 16.2. The van der Waals surface area contributed by atoms with Gasteiger partial charge in [-0.3, -0.25) is 9.59 Å². The summed E-state index contributed by atoms with van der Waals surface area (Å²) >= 11 is 0. The van der Waals surface area contributed by atoms with E-state index in [1.54, 1.807) is 4.90 Å². The van der Waals surface area contributed by atoms with Gasteiger partial charge in [0.2, 0.25) is 0 Å². The molecular weight excluding hydrogens is 384 g/mol. The summed E-state index contributed by atoms with van der Waals surface area (Å²) in [6, 6.07) is 21.4. The molecule has 4 heteroatoms. The second-order valence-electron chi connectivity index (χ2n) is 8.21. The summed E-state index contributed by atoms with van der Waals surface area (Å²) in [7, 11) is 0. The molecule has 4 nitrogen and oxygen atoms in total. The Morgan fingerprint density at radius 2 is 1.55 bits per heavy atom. The number of aromatic amines is 1. The molecule has 4 rings (SSSR count). The average Bonchev–Trinajstić information content (AvgIpc) is 2.74. The second-order valence-corrected chi connectivity index (χ2v) is 8.21. The molecular formula is C27H26N2O2. The third-order valence-electron chi connectivity index (χ3n) is 5.68. The number of H-pyrrole nitrogens is 1. The number of hydrogen-bond donors (Lipinski definition) is 1. The smallest absolute Gasteiger partial charge is 0.258 e. The van der Waals surface area contributed by atoms with Crippen LogP contribution in [-0.2, 0) is 6.54 Å². The van der Waals surface area contributed by atoms with Crippen molar-refractivity contribution in [3.63, 3.8) is 0 Å². The fourth-order valence-corrected chi connectivity index (χ4v) is 3.89. The Morgan fingerprint density at radius 1 is 0.839 bits per heavy atom. The summed E-state index contributed by atoms with van der Waals surface area (Å²) in [5.41, 5.74) is 6.70. The van der Waals surface area contributed by atoms with E-state index >= 15 is 0 Å². The highest BCUT2D eigenvalue weighted by Crippen LogP contribution is 2.26. The van der Waals surface area contributed by atoms with Crippen LogP contribution in [0.4, 0.5) is 5.69 Å². The van der Waals surface area contributed by atoms with Gasteiger partial charge in [0.1, 0.15) is 0 Å². The molecule has 0 spiro atoms. The first-order valence-electron chi connectivity index (χ1n) is 10.4. The van der Waals surface area contributed by atoms with E-state index in [0.29, 0.717) is 11.1 Å². The Bertz CT molecular complexity index is 1350. The van der Waals surface area contributed by atoms with E-state index in [-0.39, 0.29) is 18.0 Å². The van der Waals surface area contributed by atoms with E-state index < -0.39 is 0 Å². The van der Waals surface area contributed by atoms with Gasteiger partial charge >= 0.3 is 0 Å². The van der Waals surface area contributed by atoms with Gasteiger partial charge in [0.15, 0.2) is 0 Å². The fourth-order valence-electron chi connectivity index (χ4n) is 3.89. The maximum absolute atomic E-state index is 13.7. The summed E-state index contributed by atoms with van der Waals surface area (Å²) in [6.45, 7) is 8.14. The van der Waals surface area contributed by atoms with Crippen LogP contribution in [0.1, 0.15) is 38.2 Å². The van der Waals surface area contributed by atoms with E-state index in [1.165, 1.54) is 0 Å². The minimum atomic E-state index is -0.177. The molecule has 0 aliphatic heterocycles. The number of nitrogens with one attached hydrogen (secondary N) is 1. The molecule has 0 aliphatic carbocycles. The molecule has 0 aliphatic rings. The number of pyridine rings is 1. The van der Waals surface area contributed by atoms with Crippen molar-refractivity contribution in [1.29, 1.82) is 0 Å². The number of rotatable bonds is 4. The van der Waals surface area contributed by atoms with Crippen molar-refractivity contribution in [2.24, 2.45) is 0 Å². The predicted octanol–water partition coefficient (Wildman–Crippen LogP) is 5.61. The van der Waals surface area contributed by atoms with Crippen molar-refractivity contribution in [2.75, 3.05) is 4.90 Å². The molecule has 1 aromatic heterocycles. The minimum absolute atomic E-state index is 0.115. The van der Waals surface area contributed by atoms with Gasteiger partial charge in [0.05, 0.1) is 6.54 Å². The average molecular weight is 411 g/mol. The van der Waals surface area contributed by atoms with E-state index in [2.05, 4.69) is 4.98 Å². The Labute approximate surface area is 182 Å². The lowest BCUT2D eigenvalue weighted by Gasteiger charge is -2.26. The molecule has 1 N–H and O–H groups in total. The number of carbonyl (C=O) groups excluding carboxylic acids is 1. The first-order chi connectivity index (χ1) is 14.8. The maximum Gasteiger partial charge on any atom is 0.258 e. The number of carbonyl (C=O) groups is 1. The van der Waals surface area contributed by atoms with Crippen LogP contribution >= 0.6 is 0 Å². The Hall–Kier alpha value is -3.66. The molecule has 0 fully saturated rings. The van der Waals surface area contributed by atoms with Gasteiger partial charge in [-0.05, 0) is 80.1 Å². The zero-order valence-electron chi connectivity index (χ0n) is 18.3. The topological polar surface area (TPSA) is 53.2 Å². The number of anilines is 1. The highest BCUT2D eigenvalue weighted by molar-refractivity contribution is 6.07. The maximum atomic E-state index is 13.7. The van der Waals surface area contributed by atoms with Crippen LogP contribution in [0.25, 0.3) is 10.9 Å². The highest BCUT2D eigenvalue weighted by Gasteiger charge is 2.22. The standard InChI is InChI=1S/C27H26N2O2/c1-17-10-12-24-21(13-17)15-22(26(30)28-24)16-29(25-14-18(2)9-11-20(25)4)27(31)23-8-6-5-7-19(23)3/h5-15H,16H2,1-4H3,(H,28,30). The lowest BCUT2D eigenvalue weighted by molar-refractivity contribution is 0.0984. The molecule has 0 saturated heterocycles. The summed E-state index contributed by atoms with van der Waals surface area (Å²) in [6.07, 6.45) is 0. The van der Waals surface area contributed by atoms with Crippen LogP contribution in [0.15, 0.2) is 71.5 Å². The van der Waals surface area contributed by atoms with Gasteiger partial charge in [-0.15, -0.1) is 0 Å². The summed E-state index contributed by atoms with van der Waals surface area (Å²) in [5, 5.41) is 0.957. The zero-order chi connectivity index (χ0) is 22.1. The third-order valence-corrected chi connectivity index (χ3v) is 5.68. The Kier molecular flexibility index (Phi) is 5.47. The molecule has 4 aromatic rings. The minimum Gasteiger partial charge on any atom is -0.322 e. The predicted molar refractivity (Wildman–Crippen MR) is 127 cm³/mol. The van der Waals surface area contributed by atoms with E-state index in [1.807, 2.05) is 94.4 Å². The number of aromatic nitrogens is 1. The number of fused-ring (bicyclic) bond motifs is 1. The molecule has 0 radical (unpaired) electrons. The first-order valence-corrected chi connectivity index (χ1v) is 10.4. The SMILES string of the molecule is Cc1ccc(C)c(N(Cc2cc3cc(C)ccc3[nH]c2=O)C(=O)c2ccccc2C)c1. The van der Waals surface area contributed by atoms with Gasteiger partial charge in [-0.2, -0.15) is 0 Å². The van der Waals surface area contributed by atoms with Crippen molar-refractivity contribution < 1.29 is 4.79 Å². The van der Waals surface area contributed by atoms with Crippen LogP contribution in [0.5, 0.6) is 0 Å². The van der Waals surface area contributed by atoms with Crippen molar-refractivity contribution in [3.05, 3.63) is 110 Å². The monoisotopic (exact) mass is 410 g/mol. The number of hydrogen-bond acceptors (Lipinski definition) is 2. The second kappa shape index (κ2) is 8.23. The van der Waals surface area contributed by atoms with E-state index in [9.17, 15) is 9.59 Å². The van der Waals surface area contributed by atoms with Gasteiger partial charge in [0.25, 0.3) is 11.5 Å². The van der Waals surface area contributed by atoms with Gasteiger partial charge in [0, 0.05) is 22.3 Å². The fraction of sp³-hybridized carbons (Fsp3) is 0.185. The lowest BCUT2D eigenvalue weighted by atomic mass is 10.0. The lowest BCUT2D eigenvalue weighted by Crippen LogP contribution is -2.34. The van der Waals surface area contributed by atoms with Crippen molar-refractivity contribution in [2.45, 2.75) is 34.2 Å². The van der Waals surface area contributed by atoms with Gasteiger partial charge in [-0.25, -0.2) is 0 Å². The molecule has 31 heavy (non-hydrogen) atoms. The van der Waals surface area contributed by atoms with Crippen LogP contribution in [0.3, 0.4) is 0 Å². The van der Waals surface area contributed by atoms with E-state index in [0.717, 1.165) is 38.8 Å². The van der Waals surface area contributed by atoms with Crippen molar-refractivity contribution in [3.8, 4) is 0 Å². The molecule has 156 valence electrons. The van der Waals surface area contributed by atoms with Gasteiger partial charge < -0.3 is 9.88 Å². The quantitative estimate of drug-likeness (QED) is 0.475. The zero-order valence-corrected chi connectivity index (χ0v) is 18.3. The third kappa shape index (κ3) is 4.15. The number of amides is 1. The summed E-state index contributed by atoms with van der Waals surface area (Å²) < 4.78 is 0. The van der Waals surface area contributed by atoms with E-state index in [4.69, 9.17) is 0 Å². The number of nitrogens with zero attached hydrogens (tertiary/aromatic N) is 1. The van der Waals surface area contributed by atoms with Crippen LogP contribution in [0, 0.1) is 27.7 Å². The summed E-state index contributed by atoms with van der Waals surface area (Å²) in [4.78, 5) is 31.2. The molecule has 1 heterocycles. The van der Waals surface area contributed by atoms with Gasteiger partial charge in [-0.1, -0.05) is 42.0 Å². The van der Waals surface area contributed by atoms with Crippen molar-refractivity contribution >= 4 is 22.5 Å². The molecule has 1 amide bonds. The normalized spacial score (nSPS) is 11.0. The molecule has 0 saturated carbocycles. The number of aryl methyl sites for hydroxylation is 4. The molecule has 0 bridgehead atoms. The molecule has 0 atom stereocenters. The number of benzene rings is 3. The van der Waals surface area contributed by atoms with Crippen LogP contribution in [-0.4, -0.2) is 10.9 Å². The largest absolute Gasteiger partial charge is 0.322 e. The van der Waals surface area contributed by atoms with Crippen molar-refractivity contribution in [1.82, 2.24) is 4.98 Å². The Morgan fingerprint density at radius 3 is 2.32 bits per heavy atom. The van der Waals surface area contributed by atoms with Crippen LogP contribution in [0.2, 0.25) is 0 Å².